The molecule has 0 aliphatic carbocycles. The first-order valence-electron chi connectivity index (χ1n) is 11.0. The van der Waals surface area contributed by atoms with Crippen molar-refractivity contribution in [2.45, 2.75) is 46.6 Å². The summed E-state index contributed by atoms with van der Waals surface area (Å²) in [5, 5.41) is 14.3. The zero-order valence-electron chi connectivity index (χ0n) is 20.6. The number of carbonyl (C=O) groups excluding carboxylic acids is 3. The topological polar surface area (TPSA) is 171 Å². The highest BCUT2D eigenvalue weighted by molar-refractivity contribution is 7.90. The van der Waals surface area contributed by atoms with E-state index in [1.54, 1.807) is 27.7 Å². The van der Waals surface area contributed by atoms with Gasteiger partial charge in [0.1, 0.15) is 19.0 Å². The summed E-state index contributed by atoms with van der Waals surface area (Å²) in [7, 11) is -4.01. The summed E-state index contributed by atoms with van der Waals surface area (Å²) in [6.45, 7) is 7.07. The average molecular weight is 524 g/mol. The number of benzene rings is 1. The molecule has 196 valence electrons. The Morgan fingerprint density at radius 2 is 1.72 bits per heavy atom. The van der Waals surface area contributed by atoms with Gasteiger partial charge in [-0.15, -0.1) is 0 Å². The molecule has 0 radical (unpaired) electrons. The van der Waals surface area contributed by atoms with Gasteiger partial charge in [0, 0.05) is 48.0 Å². The van der Waals surface area contributed by atoms with Crippen molar-refractivity contribution in [2.75, 3.05) is 19.0 Å². The van der Waals surface area contributed by atoms with Crippen molar-refractivity contribution in [1.29, 1.82) is 0 Å². The highest BCUT2D eigenvalue weighted by atomic mass is 32.2. The number of nitro benzene ring substituents is 1. The number of hydrogen-bond acceptors (Lipinski definition) is 10. The molecule has 1 heterocycles. The molecule has 1 aliphatic rings. The van der Waals surface area contributed by atoms with Gasteiger partial charge in [-0.2, -0.15) is 0 Å². The van der Waals surface area contributed by atoms with Crippen molar-refractivity contribution in [3.63, 3.8) is 0 Å². The lowest BCUT2D eigenvalue weighted by molar-refractivity contribution is -0.384. The Hall–Kier alpha value is -3.58. The van der Waals surface area contributed by atoms with Crippen molar-refractivity contribution in [2.24, 2.45) is 0 Å². The number of sulfonamides is 1. The molecule has 1 atom stereocenters. The minimum Gasteiger partial charge on any atom is -0.462 e. The largest absolute Gasteiger partial charge is 0.462 e. The second-order valence-electron chi connectivity index (χ2n) is 8.42. The second-order valence-corrected chi connectivity index (χ2v) is 10.2. The van der Waals surface area contributed by atoms with Gasteiger partial charge in [-0.25, -0.2) is 17.9 Å². The van der Waals surface area contributed by atoms with Gasteiger partial charge in [0.15, 0.2) is 5.78 Å². The summed E-state index contributed by atoms with van der Waals surface area (Å²) in [4.78, 5) is 48.2. The van der Waals surface area contributed by atoms with Gasteiger partial charge in [-0.3, -0.25) is 19.7 Å². The number of nitrogens with zero attached hydrogens (tertiary/aromatic N) is 1. The third kappa shape index (κ3) is 7.46. The van der Waals surface area contributed by atoms with E-state index in [-0.39, 0.29) is 35.6 Å². The first-order chi connectivity index (χ1) is 16.7. The van der Waals surface area contributed by atoms with Crippen LogP contribution >= 0.6 is 0 Å². The number of ether oxygens (including phenoxy) is 2. The summed E-state index contributed by atoms with van der Waals surface area (Å²) in [6, 6.07) is 4.94. The quantitative estimate of drug-likeness (QED) is 0.189. The maximum atomic E-state index is 13.3. The molecule has 13 heteroatoms. The number of hydrogen-bond donors (Lipinski definition) is 2. The number of allylic oxidation sites excluding steroid dienone is 3. The maximum absolute atomic E-state index is 13.3. The molecule has 12 nitrogen and oxygen atoms in total. The number of carbonyl (C=O) groups is 3. The Bertz CT molecular complexity index is 1230. The number of nitrogens with one attached hydrogen (secondary N) is 2. The highest BCUT2D eigenvalue weighted by Crippen LogP contribution is 2.40. The van der Waals surface area contributed by atoms with Gasteiger partial charge >= 0.3 is 11.9 Å². The summed E-state index contributed by atoms with van der Waals surface area (Å²) >= 11 is 0. The first kappa shape index (κ1) is 28.7. The highest BCUT2D eigenvalue weighted by Gasteiger charge is 2.38. The van der Waals surface area contributed by atoms with Crippen LogP contribution < -0.4 is 10.0 Å². The second kappa shape index (κ2) is 11.9. The van der Waals surface area contributed by atoms with Crippen LogP contribution in [0.15, 0.2) is 46.8 Å². The molecule has 2 rings (SSSR count). The maximum Gasteiger partial charge on any atom is 0.336 e. The molecular weight excluding hydrogens is 494 g/mol. The molecule has 0 bridgehead atoms. The van der Waals surface area contributed by atoms with Crippen LogP contribution in [-0.4, -0.2) is 56.1 Å². The van der Waals surface area contributed by atoms with Gasteiger partial charge in [0.2, 0.25) is 10.0 Å². The van der Waals surface area contributed by atoms with Crippen molar-refractivity contribution < 1.29 is 37.2 Å². The van der Waals surface area contributed by atoms with Gasteiger partial charge in [0.05, 0.1) is 10.5 Å². The summed E-state index contributed by atoms with van der Waals surface area (Å²) < 4.78 is 37.3. The standard InChI is InChI=1S/C23H29N3O9S/c1-13(2)25-36(32,33)12-19(28)20-14(3)24-15(4)21(23(29)35-10-9-34-16(5)27)22(20)17-7-6-8-18(11-17)26(30)31/h6-8,11,13,22,24-25H,9-10,12H2,1-5H3. The average Bonchev–Trinajstić information content (AvgIpc) is 2.74. The van der Waals surface area contributed by atoms with E-state index in [0.29, 0.717) is 11.4 Å². The zero-order chi connectivity index (χ0) is 27.2. The van der Waals surface area contributed by atoms with Crippen molar-refractivity contribution in [3.05, 3.63) is 62.5 Å². The van der Waals surface area contributed by atoms with E-state index in [4.69, 9.17) is 9.47 Å². The van der Waals surface area contributed by atoms with E-state index in [2.05, 4.69) is 10.0 Å². The van der Waals surface area contributed by atoms with Crippen LogP contribution in [0.2, 0.25) is 0 Å². The monoisotopic (exact) mass is 523 g/mol. The molecule has 36 heavy (non-hydrogen) atoms. The molecule has 1 aliphatic heterocycles. The molecule has 2 N–H and O–H groups in total. The lowest BCUT2D eigenvalue weighted by Gasteiger charge is -2.31. The van der Waals surface area contributed by atoms with Crippen LogP contribution in [0.25, 0.3) is 0 Å². The number of nitro groups is 1. The SMILES string of the molecule is CC(=O)OCCOC(=O)C1=C(C)NC(C)=C(C(=O)CS(=O)(=O)NC(C)C)C1c1cccc([N+](=O)[O-])c1. The lowest BCUT2D eigenvalue weighted by atomic mass is 9.79. The Labute approximate surface area is 208 Å². The molecule has 1 unspecified atom stereocenters. The van der Waals surface area contributed by atoms with E-state index >= 15 is 0 Å². The predicted molar refractivity (Wildman–Crippen MR) is 129 cm³/mol. The fourth-order valence-corrected chi connectivity index (χ4v) is 5.14. The molecule has 0 saturated carbocycles. The molecule has 1 aromatic carbocycles. The number of esters is 2. The van der Waals surface area contributed by atoms with Crippen LogP contribution in [0.5, 0.6) is 0 Å². The van der Waals surface area contributed by atoms with Gasteiger partial charge in [0.25, 0.3) is 5.69 Å². The van der Waals surface area contributed by atoms with Crippen LogP contribution in [0.1, 0.15) is 46.1 Å². The fraction of sp³-hybridized carbons (Fsp3) is 0.435. The third-order valence-electron chi connectivity index (χ3n) is 5.05. The Morgan fingerprint density at radius 1 is 1.11 bits per heavy atom. The third-order valence-corrected chi connectivity index (χ3v) is 6.53. The summed E-state index contributed by atoms with van der Waals surface area (Å²) in [5.41, 5.74) is 0.508. The molecule has 1 aromatic rings. The van der Waals surface area contributed by atoms with Crippen LogP contribution in [0.3, 0.4) is 0 Å². The van der Waals surface area contributed by atoms with Crippen LogP contribution in [-0.2, 0) is 33.9 Å². The Balaban J connectivity index is 2.56. The van der Waals surface area contributed by atoms with Crippen LogP contribution in [0, 0.1) is 10.1 Å². The molecule has 0 spiro atoms. The van der Waals surface area contributed by atoms with E-state index < -0.39 is 50.4 Å². The zero-order valence-corrected chi connectivity index (χ0v) is 21.4. The fourth-order valence-electron chi connectivity index (χ4n) is 3.83. The number of non-ortho nitro benzene ring substituents is 1. The number of Topliss-reactive ketones (excluding diaryl/α,β-unsaturated/α-hetero) is 1. The predicted octanol–water partition coefficient (Wildman–Crippen LogP) is 1.83. The molecule has 0 amide bonds. The Kier molecular flexibility index (Phi) is 9.48. The molecule has 0 aromatic heterocycles. The van der Waals surface area contributed by atoms with E-state index in [0.717, 1.165) is 0 Å². The molecule has 0 fully saturated rings. The summed E-state index contributed by atoms with van der Waals surface area (Å²) in [5.74, 6) is -4.24. The number of ketones is 1. The smallest absolute Gasteiger partial charge is 0.336 e. The van der Waals surface area contributed by atoms with E-state index in [1.165, 1.54) is 31.2 Å². The first-order valence-corrected chi connectivity index (χ1v) is 12.6. The minimum absolute atomic E-state index is 0.0264. The van der Waals surface area contributed by atoms with Crippen LogP contribution in [0.4, 0.5) is 5.69 Å². The molecular formula is C23H29N3O9S. The molecule has 0 saturated heterocycles. The lowest BCUT2D eigenvalue weighted by Crippen LogP contribution is -2.38. The van der Waals surface area contributed by atoms with Gasteiger partial charge < -0.3 is 14.8 Å². The Morgan fingerprint density at radius 3 is 2.31 bits per heavy atom. The van der Waals surface area contributed by atoms with Gasteiger partial charge in [-0.05, 0) is 33.3 Å². The van der Waals surface area contributed by atoms with E-state index in [9.17, 15) is 32.9 Å². The van der Waals surface area contributed by atoms with E-state index in [1.807, 2.05) is 0 Å². The number of dihydropyridines is 1. The van der Waals surface area contributed by atoms with Crippen molar-refractivity contribution >= 4 is 33.4 Å². The summed E-state index contributed by atoms with van der Waals surface area (Å²) in [6.07, 6.45) is 0. The van der Waals surface area contributed by atoms with Gasteiger partial charge in [-0.1, -0.05) is 12.1 Å². The van der Waals surface area contributed by atoms with Crippen molar-refractivity contribution in [3.8, 4) is 0 Å². The van der Waals surface area contributed by atoms with Crippen molar-refractivity contribution in [1.82, 2.24) is 10.0 Å². The minimum atomic E-state index is -4.01. The normalized spacial score (nSPS) is 16.0. The number of rotatable bonds is 11.